The Morgan fingerprint density at radius 3 is 2.64 bits per heavy atom. The Kier molecular flexibility index (Phi) is 7.89. The fraction of sp³-hybridized carbons (Fsp3) is 0.645. The third kappa shape index (κ3) is 4.91. The number of carbonyl (C=O) groups excluding carboxylic acids is 3. The lowest BCUT2D eigenvalue weighted by Gasteiger charge is -2.38. The number of hydrogen-bond acceptors (Lipinski definition) is 5. The number of rotatable bonds is 9. The van der Waals surface area contributed by atoms with Crippen molar-refractivity contribution >= 4 is 23.4 Å². The highest BCUT2D eigenvalue weighted by molar-refractivity contribution is 6.02. The minimum atomic E-state index is -1.13. The molecule has 0 unspecified atom stereocenters. The van der Waals surface area contributed by atoms with Gasteiger partial charge in [-0.1, -0.05) is 64.8 Å². The van der Waals surface area contributed by atoms with E-state index in [0.29, 0.717) is 30.6 Å². The van der Waals surface area contributed by atoms with E-state index in [2.05, 4.69) is 43.2 Å². The maximum Gasteiger partial charge on any atom is 0.246 e. The molecule has 3 amide bonds. The van der Waals surface area contributed by atoms with E-state index in [-0.39, 0.29) is 23.8 Å². The Morgan fingerprint density at radius 1 is 1.15 bits per heavy atom. The molecule has 1 saturated carbocycles. The van der Waals surface area contributed by atoms with E-state index in [0.717, 1.165) is 31.5 Å². The highest BCUT2D eigenvalue weighted by atomic mass is 16.5. The first kappa shape index (κ1) is 27.8. The molecule has 8 heteroatoms. The van der Waals surface area contributed by atoms with Crippen LogP contribution in [0.5, 0.6) is 0 Å². The number of nitrogens with zero attached hydrogens (tertiary/aromatic N) is 2. The lowest BCUT2D eigenvalue weighted by atomic mass is 9.73. The third-order valence-electron chi connectivity index (χ3n) is 9.80. The maximum atomic E-state index is 14.1. The maximum absolute atomic E-state index is 14.1. The molecule has 212 valence electrons. The smallest absolute Gasteiger partial charge is 0.246 e. The van der Waals surface area contributed by atoms with Crippen molar-refractivity contribution in [3.8, 4) is 0 Å². The molecule has 1 aromatic carbocycles. The van der Waals surface area contributed by atoms with Gasteiger partial charge in [0.15, 0.2) is 0 Å². The van der Waals surface area contributed by atoms with E-state index >= 15 is 0 Å². The predicted octanol–water partition coefficient (Wildman–Crippen LogP) is 3.37. The predicted molar refractivity (Wildman–Crippen MR) is 151 cm³/mol. The van der Waals surface area contributed by atoms with Gasteiger partial charge in [0.2, 0.25) is 17.7 Å². The molecule has 4 aliphatic rings. The number of amides is 3. The minimum Gasteiger partial charge on any atom is -0.359 e. The van der Waals surface area contributed by atoms with Gasteiger partial charge in [-0.3, -0.25) is 14.4 Å². The minimum absolute atomic E-state index is 0.0689. The van der Waals surface area contributed by atoms with Gasteiger partial charge in [0.25, 0.3) is 0 Å². The van der Waals surface area contributed by atoms with E-state index in [4.69, 9.17) is 4.74 Å². The highest BCUT2D eigenvalue weighted by Gasteiger charge is 2.72. The molecule has 2 bridgehead atoms. The number of fused-ring (bicyclic) bond motifs is 1. The average Bonchev–Trinajstić information content (AvgIpc) is 3.55. The Hall–Kier alpha value is -2.71. The molecule has 1 aromatic rings. The molecule has 3 fully saturated rings. The van der Waals surface area contributed by atoms with Crippen LogP contribution in [0.2, 0.25) is 0 Å². The topological polar surface area (TPSA) is 91.0 Å². The van der Waals surface area contributed by atoms with Crippen LogP contribution in [0.4, 0.5) is 5.69 Å². The summed E-state index contributed by atoms with van der Waals surface area (Å²) < 4.78 is 6.50. The number of carbonyl (C=O) groups is 3. The molecule has 8 nitrogen and oxygen atoms in total. The highest BCUT2D eigenvalue weighted by Crippen LogP contribution is 2.55. The molecule has 5 rings (SSSR count). The summed E-state index contributed by atoms with van der Waals surface area (Å²) in [6.45, 7) is 13.4. The van der Waals surface area contributed by atoms with Crippen LogP contribution >= 0.6 is 0 Å². The lowest BCUT2D eigenvalue weighted by molar-refractivity contribution is -0.141. The van der Waals surface area contributed by atoms with Gasteiger partial charge in [0.05, 0.1) is 17.9 Å². The Balaban J connectivity index is 1.43. The number of ether oxygens (including phenoxy) is 1. The summed E-state index contributed by atoms with van der Waals surface area (Å²) in [5.41, 5.74) is 0.600. The summed E-state index contributed by atoms with van der Waals surface area (Å²) in [5, 5.41) is 6.34. The quantitative estimate of drug-likeness (QED) is 0.473. The SMILES string of the molecule is CCN(CC)CCN1C(=O)[C@@H]2[C@H](C(=O)Nc3cccc(C)c3)[C@@H]3C=C[C@@]2(O3)[C@@H]1C(=O)N[C@@H]1CCC[C@@H](C)[C@@H]1C. The van der Waals surface area contributed by atoms with Crippen LogP contribution in [0.1, 0.15) is 52.5 Å². The van der Waals surface area contributed by atoms with Crippen LogP contribution in [-0.2, 0) is 19.1 Å². The summed E-state index contributed by atoms with van der Waals surface area (Å²) in [6, 6.07) is 6.90. The molecule has 1 aliphatic carbocycles. The van der Waals surface area contributed by atoms with Crippen LogP contribution in [0.3, 0.4) is 0 Å². The van der Waals surface area contributed by atoms with Crippen molar-refractivity contribution in [2.24, 2.45) is 23.7 Å². The van der Waals surface area contributed by atoms with Gasteiger partial charge >= 0.3 is 0 Å². The molecule has 3 aliphatic heterocycles. The second-order valence-corrected chi connectivity index (χ2v) is 12.0. The molecule has 2 saturated heterocycles. The van der Waals surface area contributed by atoms with Crippen molar-refractivity contribution in [1.82, 2.24) is 15.1 Å². The normalized spacial score (nSPS) is 35.0. The number of likely N-dealkylation sites (tertiary alicyclic amines) is 1. The number of benzene rings is 1. The summed E-state index contributed by atoms with van der Waals surface area (Å²) in [6.07, 6.45) is 6.43. The number of aryl methyl sites for hydroxylation is 1. The lowest BCUT2D eigenvalue weighted by Crippen LogP contribution is -2.58. The van der Waals surface area contributed by atoms with E-state index in [1.54, 1.807) is 4.90 Å². The van der Waals surface area contributed by atoms with Crippen LogP contribution in [-0.4, -0.2) is 77.5 Å². The van der Waals surface area contributed by atoms with Gasteiger partial charge < -0.3 is 25.2 Å². The number of nitrogens with one attached hydrogen (secondary N) is 2. The van der Waals surface area contributed by atoms with Gasteiger partial charge in [-0.2, -0.15) is 0 Å². The van der Waals surface area contributed by atoms with Crippen LogP contribution in [0.25, 0.3) is 0 Å². The number of likely N-dealkylation sites (N-methyl/N-ethyl adjacent to an activating group) is 1. The standard InChI is InChI=1S/C31H44N4O4/c1-6-34(7-2)16-17-35-27(29(37)33-23-13-9-11-20(4)21(23)5)31-15-14-24(39-31)25(26(31)30(35)38)28(36)32-22-12-8-10-19(3)18-22/h8,10,12,14-15,18,20-21,23-27H,6-7,9,11,13,16-17H2,1-5H3,(H,32,36)(H,33,37)/t20-,21+,23-,24+,25-,26+,27+,31+/m1/s1. The zero-order valence-electron chi connectivity index (χ0n) is 24.0. The summed E-state index contributed by atoms with van der Waals surface area (Å²) in [5.74, 6) is -1.09. The molecule has 3 heterocycles. The fourth-order valence-electron chi connectivity index (χ4n) is 7.29. The third-order valence-corrected chi connectivity index (χ3v) is 9.80. The second-order valence-electron chi connectivity index (χ2n) is 12.0. The Bertz CT molecular complexity index is 1130. The van der Waals surface area contributed by atoms with E-state index in [1.807, 2.05) is 43.3 Å². The van der Waals surface area contributed by atoms with Crippen molar-refractivity contribution < 1.29 is 19.1 Å². The van der Waals surface area contributed by atoms with Gasteiger partial charge in [0, 0.05) is 24.8 Å². The summed E-state index contributed by atoms with van der Waals surface area (Å²) in [7, 11) is 0. The van der Waals surface area contributed by atoms with E-state index in [1.165, 1.54) is 6.42 Å². The molecule has 2 N–H and O–H groups in total. The molecule has 0 aromatic heterocycles. The molecular weight excluding hydrogens is 492 g/mol. The zero-order valence-corrected chi connectivity index (χ0v) is 24.0. The number of hydrogen-bond donors (Lipinski definition) is 2. The molecule has 1 spiro atoms. The molecular formula is C31H44N4O4. The first-order chi connectivity index (χ1) is 18.7. The molecule has 8 atom stereocenters. The second kappa shape index (κ2) is 11.0. The van der Waals surface area contributed by atoms with Crippen molar-refractivity contribution in [3.05, 3.63) is 42.0 Å². The van der Waals surface area contributed by atoms with Gasteiger partial charge in [-0.25, -0.2) is 0 Å². The molecule has 39 heavy (non-hydrogen) atoms. The zero-order chi connectivity index (χ0) is 27.9. The largest absolute Gasteiger partial charge is 0.359 e. The fourth-order valence-corrected chi connectivity index (χ4v) is 7.29. The van der Waals surface area contributed by atoms with Crippen LogP contribution in [0, 0.1) is 30.6 Å². The van der Waals surface area contributed by atoms with Crippen molar-refractivity contribution in [3.63, 3.8) is 0 Å². The van der Waals surface area contributed by atoms with E-state index in [9.17, 15) is 14.4 Å². The van der Waals surface area contributed by atoms with Crippen molar-refractivity contribution in [1.29, 1.82) is 0 Å². The summed E-state index contributed by atoms with van der Waals surface area (Å²) in [4.78, 5) is 45.8. The van der Waals surface area contributed by atoms with Gasteiger partial charge in [-0.15, -0.1) is 0 Å². The van der Waals surface area contributed by atoms with E-state index < -0.39 is 29.6 Å². The van der Waals surface area contributed by atoms with Crippen LogP contribution < -0.4 is 10.6 Å². The molecule has 0 radical (unpaired) electrons. The van der Waals surface area contributed by atoms with Crippen molar-refractivity contribution in [2.45, 2.75) is 77.7 Å². The van der Waals surface area contributed by atoms with Gasteiger partial charge in [-0.05, 0) is 56.0 Å². The van der Waals surface area contributed by atoms with Gasteiger partial charge in [0.1, 0.15) is 11.6 Å². The van der Waals surface area contributed by atoms with Crippen LogP contribution in [0.15, 0.2) is 36.4 Å². The number of anilines is 1. The first-order valence-corrected chi connectivity index (χ1v) is 14.8. The van der Waals surface area contributed by atoms with Crippen molar-refractivity contribution in [2.75, 3.05) is 31.5 Å². The first-order valence-electron chi connectivity index (χ1n) is 14.8. The average molecular weight is 537 g/mol. The monoisotopic (exact) mass is 536 g/mol. The Labute approximate surface area is 232 Å². The Morgan fingerprint density at radius 2 is 1.92 bits per heavy atom. The summed E-state index contributed by atoms with van der Waals surface area (Å²) >= 11 is 0.